The minimum atomic E-state index is -0.488. The van der Waals surface area contributed by atoms with Gasteiger partial charge in [-0.05, 0) is 44.2 Å². The molecule has 24 heavy (non-hydrogen) atoms. The van der Waals surface area contributed by atoms with Crippen molar-refractivity contribution in [1.82, 2.24) is 5.32 Å². The zero-order valence-corrected chi connectivity index (χ0v) is 13.6. The lowest BCUT2D eigenvalue weighted by atomic mass is 10.1. The van der Waals surface area contributed by atoms with Crippen LogP contribution in [-0.4, -0.2) is 24.4 Å². The van der Waals surface area contributed by atoms with Crippen LogP contribution in [0.15, 0.2) is 48.5 Å². The van der Waals surface area contributed by atoms with Crippen LogP contribution in [0.4, 0.5) is 15.8 Å². The minimum absolute atomic E-state index is 0.0381. The highest BCUT2D eigenvalue weighted by Gasteiger charge is 2.09. The number of nitrogens with one attached hydrogen (secondary N) is 3. The maximum absolute atomic E-state index is 13.5. The molecule has 0 saturated heterocycles. The summed E-state index contributed by atoms with van der Waals surface area (Å²) in [6.07, 6.45) is 0. The van der Waals surface area contributed by atoms with Crippen LogP contribution >= 0.6 is 0 Å². The van der Waals surface area contributed by atoms with Gasteiger partial charge < -0.3 is 16.0 Å². The molecular formula is C18H20FN3O2. The van der Waals surface area contributed by atoms with E-state index in [0.717, 1.165) is 0 Å². The van der Waals surface area contributed by atoms with Gasteiger partial charge in [0.15, 0.2) is 0 Å². The highest BCUT2D eigenvalue weighted by molar-refractivity contribution is 5.96. The van der Waals surface area contributed by atoms with Crippen LogP contribution in [0.3, 0.4) is 0 Å². The number of hydrogen-bond donors (Lipinski definition) is 3. The molecule has 0 atom stereocenters. The number of rotatable bonds is 6. The SMILES string of the molecule is CC(C)NC(=O)c1cccc(NCC(=O)Nc2ccccc2F)c1. The van der Waals surface area contributed by atoms with Gasteiger partial charge in [-0.3, -0.25) is 9.59 Å². The number of amides is 2. The summed E-state index contributed by atoms with van der Waals surface area (Å²) in [5.41, 5.74) is 1.27. The van der Waals surface area contributed by atoms with E-state index >= 15 is 0 Å². The van der Waals surface area contributed by atoms with Gasteiger partial charge in [0.05, 0.1) is 12.2 Å². The average molecular weight is 329 g/mol. The van der Waals surface area contributed by atoms with Gasteiger partial charge in [0.2, 0.25) is 5.91 Å². The zero-order chi connectivity index (χ0) is 17.5. The summed E-state index contributed by atoms with van der Waals surface area (Å²) in [6, 6.07) is 12.8. The number of hydrogen-bond acceptors (Lipinski definition) is 3. The molecule has 0 unspecified atom stereocenters. The largest absolute Gasteiger partial charge is 0.376 e. The first kappa shape index (κ1) is 17.5. The second-order valence-corrected chi connectivity index (χ2v) is 5.59. The van der Waals surface area contributed by atoms with Gasteiger partial charge in [-0.25, -0.2) is 4.39 Å². The monoisotopic (exact) mass is 329 g/mol. The molecule has 2 amide bonds. The van der Waals surface area contributed by atoms with E-state index in [0.29, 0.717) is 11.3 Å². The molecule has 0 aliphatic rings. The number of halogens is 1. The highest BCUT2D eigenvalue weighted by atomic mass is 19.1. The van der Waals surface area contributed by atoms with Crippen molar-refractivity contribution in [2.45, 2.75) is 19.9 Å². The molecule has 0 spiro atoms. The highest BCUT2D eigenvalue weighted by Crippen LogP contribution is 2.13. The third kappa shape index (κ3) is 5.08. The third-order valence-corrected chi connectivity index (χ3v) is 3.15. The van der Waals surface area contributed by atoms with Crippen molar-refractivity contribution in [2.75, 3.05) is 17.2 Å². The summed E-state index contributed by atoms with van der Waals surface area (Å²) in [4.78, 5) is 23.8. The Balaban J connectivity index is 1.93. The molecule has 126 valence electrons. The van der Waals surface area contributed by atoms with Crippen molar-refractivity contribution in [1.29, 1.82) is 0 Å². The van der Waals surface area contributed by atoms with E-state index in [1.807, 2.05) is 13.8 Å². The first-order chi connectivity index (χ1) is 11.5. The van der Waals surface area contributed by atoms with Crippen molar-refractivity contribution in [3.05, 3.63) is 59.9 Å². The van der Waals surface area contributed by atoms with Crippen molar-refractivity contribution in [3.63, 3.8) is 0 Å². The molecule has 0 aliphatic heterocycles. The molecule has 2 aromatic rings. The Morgan fingerprint density at radius 3 is 2.54 bits per heavy atom. The van der Waals surface area contributed by atoms with Gasteiger partial charge in [0, 0.05) is 17.3 Å². The molecule has 0 saturated carbocycles. The third-order valence-electron chi connectivity index (χ3n) is 3.15. The van der Waals surface area contributed by atoms with Crippen molar-refractivity contribution >= 4 is 23.2 Å². The number of benzene rings is 2. The number of para-hydroxylation sites is 1. The molecular weight excluding hydrogens is 309 g/mol. The van der Waals surface area contributed by atoms with E-state index in [4.69, 9.17) is 0 Å². The lowest BCUT2D eigenvalue weighted by molar-refractivity contribution is -0.114. The van der Waals surface area contributed by atoms with Crippen LogP contribution in [0.25, 0.3) is 0 Å². The molecule has 0 fully saturated rings. The summed E-state index contributed by atoms with van der Waals surface area (Å²) < 4.78 is 13.5. The topological polar surface area (TPSA) is 70.2 Å². The molecule has 0 aromatic heterocycles. The van der Waals surface area contributed by atoms with Gasteiger partial charge in [-0.1, -0.05) is 18.2 Å². The van der Waals surface area contributed by atoms with Crippen LogP contribution in [-0.2, 0) is 4.79 Å². The number of carbonyl (C=O) groups is 2. The molecule has 5 nitrogen and oxygen atoms in total. The summed E-state index contributed by atoms with van der Waals surface area (Å²) >= 11 is 0. The van der Waals surface area contributed by atoms with E-state index < -0.39 is 5.82 Å². The Morgan fingerprint density at radius 1 is 1.08 bits per heavy atom. The molecule has 0 radical (unpaired) electrons. The molecule has 2 rings (SSSR count). The van der Waals surface area contributed by atoms with Crippen molar-refractivity contribution in [2.24, 2.45) is 0 Å². The Bertz CT molecular complexity index is 732. The Morgan fingerprint density at radius 2 is 1.83 bits per heavy atom. The second-order valence-electron chi connectivity index (χ2n) is 5.59. The van der Waals surface area contributed by atoms with Crippen LogP contribution in [0.1, 0.15) is 24.2 Å². The van der Waals surface area contributed by atoms with E-state index in [2.05, 4.69) is 16.0 Å². The summed E-state index contributed by atoms with van der Waals surface area (Å²) in [5.74, 6) is -1.04. The zero-order valence-electron chi connectivity index (χ0n) is 13.6. The van der Waals surface area contributed by atoms with E-state index in [1.165, 1.54) is 12.1 Å². The molecule has 0 heterocycles. The fourth-order valence-electron chi connectivity index (χ4n) is 2.06. The van der Waals surface area contributed by atoms with Gasteiger partial charge in [0.1, 0.15) is 5.82 Å². The smallest absolute Gasteiger partial charge is 0.251 e. The predicted octanol–water partition coefficient (Wildman–Crippen LogP) is 3.01. The Kier molecular flexibility index (Phi) is 5.89. The van der Waals surface area contributed by atoms with Gasteiger partial charge in [-0.2, -0.15) is 0 Å². The summed E-state index contributed by atoms with van der Waals surface area (Å²) in [7, 11) is 0. The number of carbonyl (C=O) groups excluding carboxylic acids is 2. The fourth-order valence-corrected chi connectivity index (χ4v) is 2.06. The second kappa shape index (κ2) is 8.10. The molecule has 6 heteroatoms. The quantitative estimate of drug-likeness (QED) is 0.763. The maximum Gasteiger partial charge on any atom is 0.251 e. The van der Waals surface area contributed by atoms with Crippen molar-refractivity contribution < 1.29 is 14.0 Å². The molecule has 0 bridgehead atoms. The minimum Gasteiger partial charge on any atom is -0.376 e. The van der Waals surface area contributed by atoms with Gasteiger partial charge >= 0.3 is 0 Å². The van der Waals surface area contributed by atoms with Crippen molar-refractivity contribution in [3.8, 4) is 0 Å². The standard InChI is InChI=1S/C18H20FN3O2/c1-12(2)21-18(24)13-6-5-7-14(10-13)20-11-17(23)22-16-9-4-3-8-15(16)19/h3-10,12,20H,11H2,1-2H3,(H,21,24)(H,22,23). The molecule has 3 N–H and O–H groups in total. The predicted molar refractivity (Wildman–Crippen MR) is 92.6 cm³/mol. The molecule has 0 aliphatic carbocycles. The Labute approximate surface area is 140 Å². The number of anilines is 2. The molecule has 2 aromatic carbocycles. The van der Waals surface area contributed by atoms with Gasteiger partial charge in [-0.15, -0.1) is 0 Å². The first-order valence-corrected chi connectivity index (χ1v) is 7.65. The van der Waals surface area contributed by atoms with Crippen LogP contribution in [0, 0.1) is 5.82 Å². The van der Waals surface area contributed by atoms with E-state index in [9.17, 15) is 14.0 Å². The van der Waals surface area contributed by atoms with Crippen LogP contribution in [0.5, 0.6) is 0 Å². The normalized spacial score (nSPS) is 10.3. The first-order valence-electron chi connectivity index (χ1n) is 7.65. The lowest BCUT2D eigenvalue weighted by Gasteiger charge is -2.11. The summed E-state index contributed by atoms with van der Waals surface area (Å²) in [6.45, 7) is 3.73. The summed E-state index contributed by atoms with van der Waals surface area (Å²) in [5, 5.41) is 8.21. The van der Waals surface area contributed by atoms with Crippen LogP contribution < -0.4 is 16.0 Å². The van der Waals surface area contributed by atoms with E-state index in [1.54, 1.807) is 36.4 Å². The van der Waals surface area contributed by atoms with E-state index in [-0.39, 0.29) is 30.1 Å². The average Bonchev–Trinajstić information content (AvgIpc) is 2.55. The Hall–Kier alpha value is -2.89. The maximum atomic E-state index is 13.5. The fraction of sp³-hybridized carbons (Fsp3) is 0.222. The lowest BCUT2D eigenvalue weighted by Crippen LogP contribution is -2.30. The van der Waals surface area contributed by atoms with Crippen LogP contribution in [0.2, 0.25) is 0 Å². The van der Waals surface area contributed by atoms with Gasteiger partial charge in [0.25, 0.3) is 5.91 Å².